The summed E-state index contributed by atoms with van der Waals surface area (Å²) in [5, 5.41) is 3.39. The van der Waals surface area contributed by atoms with Gasteiger partial charge in [-0.1, -0.05) is 0 Å². The van der Waals surface area contributed by atoms with Gasteiger partial charge in [0.25, 0.3) is 0 Å². The quantitative estimate of drug-likeness (QED) is 0.441. The maximum absolute atomic E-state index is 3.39. The summed E-state index contributed by atoms with van der Waals surface area (Å²) >= 11 is 0. The van der Waals surface area contributed by atoms with Gasteiger partial charge in [0.1, 0.15) is 0 Å². The Labute approximate surface area is 43.2 Å². The lowest BCUT2D eigenvalue weighted by molar-refractivity contribution is 0.741. The van der Waals surface area contributed by atoms with E-state index in [1.165, 1.54) is 19.4 Å². The molecule has 0 aromatic rings. The Kier molecular flexibility index (Phi) is 1.05. The van der Waals surface area contributed by atoms with Gasteiger partial charge >= 0.3 is 0 Å². The molecule has 2 aliphatic rings. The van der Waals surface area contributed by atoms with Gasteiger partial charge in [-0.15, -0.1) is 0 Å². The lowest BCUT2D eigenvalue weighted by atomic mass is 10.3. The van der Waals surface area contributed by atoms with Gasteiger partial charge in [-0.2, -0.15) is 0 Å². The van der Waals surface area contributed by atoms with Crippen molar-refractivity contribution >= 4 is 0 Å². The number of piperidine rings is 1. The van der Waals surface area contributed by atoms with Crippen molar-refractivity contribution < 1.29 is 5.48 Å². The van der Waals surface area contributed by atoms with Crippen molar-refractivity contribution in [1.82, 2.24) is 5.32 Å². The van der Waals surface area contributed by atoms with E-state index >= 15 is 0 Å². The molecule has 2 rings (SSSR count). The zero-order valence-corrected chi connectivity index (χ0v) is 4.28. The van der Waals surface area contributed by atoms with E-state index in [9.17, 15) is 0 Å². The fraction of sp³-hybridized carbons (Fsp3) is 1.00. The number of nitrogens with one attached hydrogen (secondary N) is 1. The summed E-state index contributed by atoms with van der Waals surface area (Å²) in [6.07, 6.45) is 2.92. The van der Waals surface area contributed by atoms with Crippen LogP contribution in [0.5, 0.6) is 0 Å². The van der Waals surface area contributed by atoms with Crippen molar-refractivity contribution in [3.8, 4) is 0 Å². The molecule has 0 aromatic carbocycles. The predicted octanol–water partition coefficient (Wildman–Crippen LogP) is -0.456. The molecule has 1 aliphatic carbocycles. The normalized spacial score (nSPS) is 44.6. The largest absolute Gasteiger partial charge is 0.412 e. The van der Waals surface area contributed by atoms with Crippen molar-refractivity contribution in [1.29, 1.82) is 0 Å². The Balaban J connectivity index is 0.000000245. The predicted molar refractivity (Wildman–Crippen MR) is 28.1 cm³/mol. The van der Waals surface area contributed by atoms with Gasteiger partial charge < -0.3 is 10.8 Å². The highest BCUT2D eigenvalue weighted by atomic mass is 16.0. The standard InChI is InChI=1S/C5H9N.H2O/c1-2-6-5-3-4(1)5;/h4-6H,1-3H2;1H2. The average Bonchev–Trinajstić information content (AvgIpc) is 2.17. The summed E-state index contributed by atoms with van der Waals surface area (Å²) in [5.74, 6) is 1.10. The van der Waals surface area contributed by atoms with Crippen LogP contribution in [0.3, 0.4) is 0 Å². The molecular formula is C5H11NO. The Morgan fingerprint density at radius 3 is 2.43 bits per heavy atom. The minimum atomic E-state index is 0. The molecule has 0 aromatic heterocycles. The number of hydrogen-bond acceptors (Lipinski definition) is 1. The van der Waals surface area contributed by atoms with E-state index in [0.29, 0.717) is 0 Å². The van der Waals surface area contributed by atoms with Crippen molar-refractivity contribution in [2.24, 2.45) is 5.92 Å². The average molecular weight is 101 g/mol. The van der Waals surface area contributed by atoms with Crippen molar-refractivity contribution in [2.75, 3.05) is 6.54 Å². The van der Waals surface area contributed by atoms with E-state index in [4.69, 9.17) is 0 Å². The maximum atomic E-state index is 3.39. The van der Waals surface area contributed by atoms with Gasteiger partial charge in [-0.3, -0.25) is 0 Å². The third-order valence-electron chi connectivity index (χ3n) is 1.84. The molecule has 1 saturated heterocycles. The van der Waals surface area contributed by atoms with Crippen LogP contribution in [0.15, 0.2) is 0 Å². The van der Waals surface area contributed by atoms with E-state index in [1.807, 2.05) is 0 Å². The first-order valence-corrected chi connectivity index (χ1v) is 2.70. The first-order chi connectivity index (χ1) is 2.97. The first kappa shape index (κ1) is 5.06. The molecule has 7 heavy (non-hydrogen) atoms. The SMILES string of the molecule is C1CC2CC2N1.O. The molecule has 1 saturated carbocycles. The van der Waals surface area contributed by atoms with Crippen LogP contribution < -0.4 is 5.32 Å². The van der Waals surface area contributed by atoms with Crippen molar-refractivity contribution in [3.63, 3.8) is 0 Å². The van der Waals surface area contributed by atoms with Crippen LogP contribution in [0.4, 0.5) is 0 Å². The van der Waals surface area contributed by atoms with Crippen LogP contribution in [0.2, 0.25) is 0 Å². The maximum Gasteiger partial charge on any atom is 0.00996 e. The van der Waals surface area contributed by atoms with Crippen molar-refractivity contribution in [2.45, 2.75) is 18.9 Å². The van der Waals surface area contributed by atoms with Gasteiger partial charge in [0.2, 0.25) is 0 Å². The fourth-order valence-corrected chi connectivity index (χ4v) is 1.27. The van der Waals surface area contributed by atoms with Crippen LogP contribution in [0.25, 0.3) is 0 Å². The zero-order chi connectivity index (χ0) is 3.98. The van der Waals surface area contributed by atoms with Crippen LogP contribution in [0.1, 0.15) is 12.8 Å². The Hall–Kier alpha value is -0.0800. The number of hydrogen-bond donors (Lipinski definition) is 1. The van der Waals surface area contributed by atoms with Crippen LogP contribution in [-0.2, 0) is 0 Å². The van der Waals surface area contributed by atoms with E-state index in [2.05, 4.69) is 5.32 Å². The van der Waals surface area contributed by atoms with E-state index in [-0.39, 0.29) is 5.48 Å². The zero-order valence-electron chi connectivity index (χ0n) is 4.28. The third kappa shape index (κ3) is 0.640. The van der Waals surface area contributed by atoms with Crippen LogP contribution in [0, 0.1) is 5.92 Å². The summed E-state index contributed by atoms with van der Waals surface area (Å²) in [7, 11) is 0. The molecule has 2 atom stereocenters. The fourth-order valence-electron chi connectivity index (χ4n) is 1.27. The molecule has 0 spiro atoms. The number of fused-ring (bicyclic) bond motifs is 1. The third-order valence-corrected chi connectivity index (χ3v) is 1.84. The summed E-state index contributed by atoms with van der Waals surface area (Å²) in [5.41, 5.74) is 0. The van der Waals surface area contributed by atoms with Gasteiger partial charge in [0.15, 0.2) is 0 Å². The molecule has 1 aliphatic heterocycles. The molecule has 0 amide bonds. The molecule has 1 heterocycles. The van der Waals surface area contributed by atoms with Crippen LogP contribution >= 0.6 is 0 Å². The van der Waals surface area contributed by atoms with E-state index in [1.54, 1.807) is 0 Å². The Morgan fingerprint density at radius 1 is 1.43 bits per heavy atom. The Morgan fingerprint density at radius 2 is 2.29 bits per heavy atom. The summed E-state index contributed by atoms with van der Waals surface area (Å²) in [4.78, 5) is 0. The molecule has 3 N–H and O–H groups in total. The molecule has 2 unspecified atom stereocenters. The second-order valence-electron chi connectivity index (χ2n) is 2.35. The topological polar surface area (TPSA) is 43.5 Å². The van der Waals surface area contributed by atoms with Crippen LogP contribution in [-0.4, -0.2) is 18.1 Å². The van der Waals surface area contributed by atoms with Crippen molar-refractivity contribution in [3.05, 3.63) is 0 Å². The van der Waals surface area contributed by atoms with Gasteiger partial charge in [-0.05, 0) is 25.3 Å². The molecular weight excluding hydrogens is 90.1 g/mol. The minimum Gasteiger partial charge on any atom is -0.412 e. The minimum absolute atomic E-state index is 0. The smallest absolute Gasteiger partial charge is 0.00996 e. The monoisotopic (exact) mass is 101 g/mol. The molecule has 42 valence electrons. The van der Waals surface area contributed by atoms with E-state index in [0.717, 1.165) is 12.0 Å². The van der Waals surface area contributed by atoms with Gasteiger partial charge in [-0.25, -0.2) is 0 Å². The lowest BCUT2D eigenvalue weighted by Gasteiger charge is -1.86. The van der Waals surface area contributed by atoms with Gasteiger partial charge in [0, 0.05) is 6.04 Å². The van der Waals surface area contributed by atoms with Gasteiger partial charge in [0.05, 0.1) is 0 Å². The molecule has 2 heteroatoms. The highest BCUT2D eigenvalue weighted by molar-refractivity contribution is 4.98. The van der Waals surface area contributed by atoms with E-state index < -0.39 is 0 Å². The molecule has 0 radical (unpaired) electrons. The highest BCUT2D eigenvalue weighted by Crippen LogP contribution is 2.37. The highest BCUT2D eigenvalue weighted by Gasteiger charge is 2.40. The molecule has 2 fully saturated rings. The summed E-state index contributed by atoms with van der Waals surface area (Å²) in [6.45, 7) is 1.29. The lowest BCUT2D eigenvalue weighted by Crippen LogP contribution is -2.10. The molecule has 2 nitrogen and oxygen atoms in total. The summed E-state index contributed by atoms with van der Waals surface area (Å²) in [6, 6.07) is 0.963. The first-order valence-electron chi connectivity index (χ1n) is 2.70. The second kappa shape index (κ2) is 1.46. The number of rotatable bonds is 0. The second-order valence-corrected chi connectivity index (χ2v) is 2.35. The Bertz CT molecular complexity index is 66.5. The summed E-state index contributed by atoms with van der Waals surface area (Å²) < 4.78 is 0. The molecule has 0 bridgehead atoms.